The predicted molar refractivity (Wildman–Crippen MR) is 45.2 cm³/mol. The van der Waals surface area contributed by atoms with Crippen LogP contribution in [-0.2, 0) is 4.74 Å². The maximum atomic E-state index is 13.3. The Morgan fingerprint density at radius 3 is 1.43 bits per heavy atom. The zero-order valence-electron chi connectivity index (χ0n) is 9.76. The maximum absolute atomic E-state index is 13.3. The third-order valence-corrected chi connectivity index (χ3v) is 2.14. The van der Waals surface area contributed by atoms with Gasteiger partial charge >= 0.3 is 30.2 Å². The highest BCUT2D eigenvalue weighted by Gasteiger charge is 2.78. The van der Waals surface area contributed by atoms with E-state index in [0.717, 1.165) is 0 Å². The molecule has 2 N–H and O–H groups in total. The van der Waals surface area contributed by atoms with Crippen molar-refractivity contribution in [3.8, 4) is 0 Å². The third kappa shape index (κ3) is 4.08. The van der Waals surface area contributed by atoms with Gasteiger partial charge in [-0.15, -0.1) is 0 Å². The molecule has 0 amide bonds. The van der Waals surface area contributed by atoms with Gasteiger partial charge in [0.1, 0.15) is 0 Å². The van der Waals surface area contributed by atoms with Gasteiger partial charge in [0, 0.05) is 6.42 Å². The van der Waals surface area contributed by atoms with Crippen molar-refractivity contribution in [1.82, 2.24) is 0 Å². The van der Waals surface area contributed by atoms with Crippen molar-refractivity contribution in [2.75, 3.05) is 6.54 Å². The number of ether oxygens (including phenoxy) is 1. The van der Waals surface area contributed by atoms with Gasteiger partial charge in [-0.3, -0.25) is 4.74 Å². The number of hydrogen-bond donors (Lipinski definition) is 1. The summed E-state index contributed by atoms with van der Waals surface area (Å²) in [5.74, 6) is -12.4. The average Bonchev–Trinajstić information content (AvgIpc) is 2.22. The molecule has 0 saturated heterocycles. The Morgan fingerprint density at radius 1 is 0.714 bits per heavy atom. The smallest absolute Gasteiger partial charge is 0.330 e. The van der Waals surface area contributed by atoms with Crippen molar-refractivity contribution in [2.45, 2.75) is 43.1 Å². The molecule has 128 valence electrons. The SMILES string of the molecule is NCCCC(F)(OC(F)(F)C(F)(F)C(F)(F)F)C(F)(F)F. The summed E-state index contributed by atoms with van der Waals surface area (Å²) >= 11 is 0. The Morgan fingerprint density at radius 2 is 1.14 bits per heavy atom. The molecule has 13 heteroatoms. The molecule has 0 radical (unpaired) electrons. The zero-order valence-corrected chi connectivity index (χ0v) is 9.76. The number of rotatable bonds is 6. The minimum atomic E-state index is -7.02. The first kappa shape index (κ1) is 20.1. The molecule has 0 saturated carbocycles. The lowest BCUT2D eigenvalue weighted by Crippen LogP contribution is -2.59. The lowest BCUT2D eigenvalue weighted by molar-refractivity contribution is -0.483. The summed E-state index contributed by atoms with van der Waals surface area (Å²) in [5, 5.41) is 0. The molecule has 0 heterocycles. The number of halogens is 11. The molecule has 0 rings (SSSR count). The van der Waals surface area contributed by atoms with Gasteiger partial charge in [0.15, 0.2) is 0 Å². The standard InChI is InChI=1S/C8H8F11NO/c9-4(2-1-3-20,6(12,13)14)21-8(18,19)5(10,11)7(15,16)17/h1-3,20H2. The van der Waals surface area contributed by atoms with Gasteiger partial charge in [0.2, 0.25) is 0 Å². The van der Waals surface area contributed by atoms with Crippen molar-refractivity contribution in [3.05, 3.63) is 0 Å². The van der Waals surface area contributed by atoms with Gasteiger partial charge in [-0.2, -0.15) is 43.9 Å². The Labute approximate surface area is 110 Å². The quantitative estimate of drug-likeness (QED) is 0.746. The van der Waals surface area contributed by atoms with E-state index in [-0.39, 0.29) is 0 Å². The van der Waals surface area contributed by atoms with E-state index in [0.29, 0.717) is 0 Å². The van der Waals surface area contributed by atoms with Gasteiger partial charge in [0.05, 0.1) is 0 Å². The highest BCUT2D eigenvalue weighted by atomic mass is 19.4. The molecule has 0 aliphatic rings. The van der Waals surface area contributed by atoms with Crippen molar-refractivity contribution < 1.29 is 53.0 Å². The van der Waals surface area contributed by atoms with Crippen LogP contribution in [0.1, 0.15) is 12.8 Å². The summed E-state index contributed by atoms with van der Waals surface area (Å²) in [6.07, 6.45) is -22.9. The van der Waals surface area contributed by atoms with Crippen LogP contribution in [0.4, 0.5) is 48.3 Å². The Kier molecular flexibility index (Phi) is 5.51. The second kappa shape index (κ2) is 5.74. The van der Waals surface area contributed by atoms with Crippen LogP contribution in [0.3, 0.4) is 0 Å². The molecule has 21 heavy (non-hydrogen) atoms. The molecule has 0 aromatic carbocycles. The fraction of sp³-hybridized carbons (Fsp3) is 1.00. The van der Waals surface area contributed by atoms with Crippen LogP contribution in [-0.4, -0.2) is 36.8 Å². The second-order valence-corrected chi connectivity index (χ2v) is 3.81. The fourth-order valence-electron chi connectivity index (χ4n) is 1.01. The molecule has 0 aliphatic heterocycles. The van der Waals surface area contributed by atoms with E-state index in [1.54, 1.807) is 0 Å². The first-order chi connectivity index (χ1) is 9.02. The molecule has 1 atom stereocenters. The summed E-state index contributed by atoms with van der Waals surface area (Å²) in [7, 11) is 0. The summed E-state index contributed by atoms with van der Waals surface area (Å²) < 4.78 is 138. The van der Waals surface area contributed by atoms with Crippen molar-refractivity contribution >= 4 is 0 Å². The van der Waals surface area contributed by atoms with Crippen LogP contribution in [0.25, 0.3) is 0 Å². The first-order valence-electron chi connectivity index (χ1n) is 5.00. The van der Waals surface area contributed by atoms with E-state index in [4.69, 9.17) is 5.73 Å². The normalized spacial score (nSPS) is 17.7. The van der Waals surface area contributed by atoms with E-state index in [2.05, 4.69) is 4.74 Å². The Balaban J connectivity index is 5.53. The van der Waals surface area contributed by atoms with Gasteiger partial charge in [0.25, 0.3) is 0 Å². The largest absolute Gasteiger partial charge is 0.462 e. The Hall–Kier alpha value is -0.850. The van der Waals surface area contributed by atoms with E-state index >= 15 is 0 Å². The van der Waals surface area contributed by atoms with Gasteiger partial charge < -0.3 is 5.73 Å². The monoisotopic (exact) mass is 343 g/mol. The Bertz CT molecular complexity index is 349. The highest BCUT2D eigenvalue weighted by molar-refractivity contribution is 4.89. The molecule has 0 bridgehead atoms. The van der Waals surface area contributed by atoms with Crippen LogP contribution in [0.15, 0.2) is 0 Å². The minimum Gasteiger partial charge on any atom is -0.330 e. The zero-order chi connectivity index (χ0) is 17.3. The summed E-state index contributed by atoms with van der Waals surface area (Å²) in [5.41, 5.74) is 4.69. The topological polar surface area (TPSA) is 35.2 Å². The van der Waals surface area contributed by atoms with E-state index < -0.39 is 49.6 Å². The van der Waals surface area contributed by atoms with Crippen molar-refractivity contribution in [1.29, 1.82) is 0 Å². The molecule has 0 aromatic rings. The van der Waals surface area contributed by atoms with Crippen LogP contribution < -0.4 is 5.73 Å². The van der Waals surface area contributed by atoms with E-state index in [1.165, 1.54) is 0 Å². The van der Waals surface area contributed by atoms with Crippen LogP contribution >= 0.6 is 0 Å². The third-order valence-electron chi connectivity index (χ3n) is 2.14. The van der Waals surface area contributed by atoms with Gasteiger partial charge in [-0.1, -0.05) is 0 Å². The van der Waals surface area contributed by atoms with Gasteiger partial charge in [-0.05, 0) is 13.0 Å². The van der Waals surface area contributed by atoms with Gasteiger partial charge in [-0.25, -0.2) is 4.39 Å². The summed E-state index contributed by atoms with van der Waals surface area (Å²) in [4.78, 5) is 0. The van der Waals surface area contributed by atoms with E-state index in [9.17, 15) is 48.3 Å². The summed E-state index contributed by atoms with van der Waals surface area (Å²) in [6, 6.07) is 0. The highest BCUT2D eigenvalue weighted by Crippen LogP contribution is 2.51. The van der Waals surface area contributed by atoms with Crippen LogP contribution in [0.2, 0.25) is 0 Å². The molecule has 0 aromatic heterocycles. The molecular formula is C8H8F11NO. The van der Waals surface area contributed by atoms with E-state index in [1.807, 2.05) is 0 Å². The number of nitrogens with two attached hydrogens (primary N) is 1. The number of alkyl halides is 11. The van der Waals surface area contributed by atoms with Crippen LogP contribution in [0, 0.1) is 0 Å². The fourth-order valence-corrected chi connectivity index (χ4v) is 1.01. The molecule has 0 spiro atoms. The van der Waals surface area contributed by atoms with Crippen molar-refractivity contribution in [2.24, 2.45) is 5.73 Å². The molecule has 0 aliphatic carbocycles. The maximum Gasteiger partial charge on any atom is 0.462 e. The lowest BCUT2D eigenvalue weighted by atomic mass is 10.1. The van der Waals surface area contributed by atoms with Crippen LogP contribution in [0.5, 0.6) is 0 Å². The minimum absolute atomic E-state index is 0.674. The lowest BCUT2D eigenvalue weighted by Gasteiger charge is -2.35. The molecule has 1 unspecified atom stereocenters. The first-order valence-corrected chi connectivity index (χ1v) is 5.00. The predicted octanol–water partition coefficient (Wildman–Crippen LogP) is 3.76. The average molecular weight is 343 g/mol. The molecule has 2 nitrogen and oxygen atoms in total. The summed E-state index contributed by atoms with van der Waals surface area (Å²) in [6.45, 7) is -0.674. The molecular weight excluding hydrogens is 335 g/mol. The number of hydrogen-bond acceptors (Lipinski definition) is 2. The second-order valence-electron chi connectivity index (χ2n) is 3.81. The molecule has 0 fully saturated rings. The van der Waals surface area contributed by atoms with Crippen molar-refractivity contribution in [3.63, 3.8) is 0 Å².